The van der Waals surface area contributed by atoms with E-state index in [-0.39, 0.29) is 18.1 Å². The second kappa shape index (κ2) is 21.7. The summed E-state index contributed by atoms with van der Waals surface area (Å²) in [7, 11) is -1.12. The highest BCUT2D eigenvalue weighted by Crippen LogP contribution is 2.39. The number of nitrogens with one attached hydrogen (secondary N) is 2. The summed E-state index contributed by atoms with van der Waals surface area (Å²) in [5.41, 5.74) is 1.76. The van der Waals surface area contributed by atoms with Crippen molar-refractivity contribution >= 4 is 50.0 Å². The Labute approximate surface area is 356 Å². The van der Waals surface area contributed by atoms with Crippen molar-refractivity contribution in [2.24, 2.45) is 0 Å². The maximum Gasteiger partial charge on any atom is 0.366 e. The van der Waals surface area contributed by atoms with Crippen LogP contribution in [0.3, 0.4) is 0 Å². The summed E-state index contributed by atoms with van der Waals surface area (Å²) in [5.74, 6) is -5.31. The number of rotatable bonds is 18. The van der Waals surface area contributed by atoms with Gasteiger partial charge in [-0.1, -0.05) is 51.0 Å². The van der Waals surface area contributed by atoms with Gasteiger partial charge in [-0.05, 0) is 53.5 Å². The van der Waals surface area contributed by atoms with Crippen molar-refractivity contribution in [3.8, 4) is 18.1 Å². The van der Waals surface area contributed by atoms with E-state index in [2.05, 4.69) is 50.4 Å². The van der Waals surface area contributed by atoms with Crippen LogP contribution in [0.5, 0.6) is 5.75 Å². The Morgan fingerprint density at radius 1 is 0.869 bits per heavy atom. The van der Waals surface area contributed by atoms with E-state index in [9.17, 15) is 33.6 Å². The molecule has 2 aromatic carbocycles. The minimum atomic E-state index is -2.43. The largest absolute Gasteiger partial charge is 0.544 e. The van der Waals surface area contributed by atoms with E-state index in [4.69, 9.17) is 44.0 Å². The van der Waals surface area contributed by atoms with E-state index in [1.54, 1.807) is 48.5 Å². The molecule has 0 bridgehead atoms. The van der Waals surface area contributed by atoms with Gasteiger partial charge in [0.2, 0.25) is 14.2 Å². The van der Waals surface area contributed by atoms with Gasteiger partial charge in [-0.2, -0.15) is 0 Å². The van der Waals surface area contributed by atoms with Gasteiger partial charge in [-0.15, -0.1) is 6.42 Å². The van der Waals surface area contributed by atoms with Gasteiger partial charge in [0.25, 0.3) is 11.7 Å². The average molecular weight is 869 g/mol. The monoisotopic (exact) mass is 868 g/mol. The Bertz CT molecular complexity index is 1940. The number of hydrogen-bond donors (Lipinski definition) is 2. The lowest BCUT2D eigenvalue weighted by Gasteiger charge is -2.48. The van der Waals surface area contributed by atoms with Crippen LogP contribution in [0.2, 0.25) is 18.1 Å². The minimum Gasteiger partial charge on any atom is -0.544 e. The molecule has 1 fully saturated rings. The van der Waals surface area contributed by atoms with Crippen molar-refractivity contribution in [1.82, 2.24) is 10.6 Å². The fraction of sp³-hybridized carbons (Fsp3) is 0.512. The SMILES string of the molecule is C#Cc1ccc(CC(=O)NC[C@@H](OC(C)=O)[C@@H](OC(C)=O)[C@@H]2O[C@@](OCc3ccc(O[Si](C)(C)C(C)(C)C)cc3)(C(=O)OC)C[C@H](OC(C)=O)[C@H]2NC(=O)COC(C)=O)cc1. The third kappa shape index (κ3) is 14.7. The average Bonchev–Trinajstić information content (AvgIpc) is 3.17. The molecule has 2 N–H and O–H groups in total. The molecule has 2 aromatic rings. The van der Waals surface area contributed by atoms with Gasteiger partial charge in [-0.3, -0.25) is 28.8 Å². The normalized spacial score (nSPS) is 19.7. The highest BCUT2D eigenvalue weighted by Gasteiger charge is 2.59. The molecule has 1 saturated heterocycles. The smallest absolute Gasteiger partial charge is 0.366 e. The lowest BCUT2D eigenvalue weighted by molar-refractivity contribution is -0.317. The zero-order valence-electron chi connectivity index (χ0n) is 36.2. The standard InChI is InChI=1S/C43H56N2O15Si/c1-12-30-13-15-31(16-14-30)21-36(50)44-23-35(57-28(4)48)39(58-29(5)49)40-38(45-37(51)25-54-26(2)46)34(56-27(3)47)22-43(59-40,41(52)53-9)55-24-32-17-19-33(20-18-32)60-61(10,11)42(6,7)8/h1,13-20,34-35,38-40H,21-25H2,2-11H3,(H,44,50)(H,45,51)/t34-,35+,38+,39+,40+,43+/m0/s1. The Morgan fingerprint density at radius 3 is 2.00 bits per heavy atom. The fourth-order valence-corrected chi connectivity index (χ4v) is 7.05. The predicted molar refractivity (Wildman–Crippen MR) is 220 cm³/mol. The molecule has 17 nitrogen and oxygen atoms in total. The van der Waals surface area contributed by atoms with Crippen LogP contribution in [0, 0.1) is 12.3 Å². The maximum atomic E-state index is 13.9. The lowest BCUT2D eigenvalue weighted by Crippen LogP contribution is -2.69. The zero-order valence-corrected chi connectivity index (χ0v) is 37.2. The van der Waals surface area contributed by atoms with E-state index in [0.29, 0.717) is 22.4 Å². The van der Waals surface area contributed by atoms with Crippen molar-refractivity contribution in [3.05, 3.63) is 65.2 Å². The van der Waals surface area contributed by atoms with Crippen LogP contribution in [0.25, 0.3) is 0 Å². The number of amides is 2. The first kappa shape index (κ1) is 49.6. The van der Waals surface area contributed by atoms with Crippen LogP contribution < -0.4 is 15.1 Å². The molecule has 0 unspecified atom stereocenters. The number of terminal acetylenes is 1. The third-order valence-electron chi connectivity index (χ3n) is 9.97. The molecule has 0 saturated carbocycles. The summed E-state index contributed by atoms with van der Waals surface area (Å²) in [6, 6.07) is 12.1. The van der Waals surface area contributed by atoms with Crippen LogP contribution in [-0.4, -0.2) is 106 Å². The Balaban J connectivity index is 2.11. The number of benzene rings is 2. The number of ether oxygens (including phenoxy) is 7. The summed E-state index contributed by atoms with van der Waals surface area (Å²) in [6.07, 6.45) is -1.84. The van der Waals surface area contributed by atoms with Gasteiger partial charge in [0.15, 0.2) is 18.8 Å². The van der Waals surface area contributed by atoms with Gasteiger partial charge in [0.05, 0.1) is 39.1 Å². The van der Waals surface area contributed by atoms with E-state index >= 15 is 0 Å². The zero-order chi connectivity index (χ0) is 45.7. The Hall–Kier alpha value is -5.77. The van der Waals surface area contributed by atoms with Gasteiger partial charge >= 0.3 is 29.8 Å². The van der Waals surface area contributed by atoms with Gasteiger partial charge in [-0.25, -0.2) is 4.79 Å². The number of esters is 5. The lowest BCUT2D eigenvalue weighted by atomic mass is 9.87. The molecule has 1 aliphatic heterocycles. The highest BCUT2D eigenvalue weighted by molar-refractivity contribution is 6.74. The molecule has 0 radical (unpaired) electrons. The van der Waals surface area contributed by atoms with Gasteiger partial charge in [0, 0.05) is 33.3 Å². The second-order valence-corrected chi connectivity index (χ2v) is 20.6. The molecule has 18 heteroatoms. The molecule has 6 atom stereocenters. The van der Waals surface area contributed by atoms with Crippen LogP contribution in [0.15, 0.2) is 48.5 Å². The van der Waals surface area contributed by atoms with Crippen molar-refractivity contribution in [3.63, 3.8) is 0 Å². The van der Waals surface area contributed by atoms with Crippen molar-refractivity contribution in [1.29, 1.82) is 0 Å². The first-order chi connectivity index (χ1) is 28.5. The molecule has 2 amide bonds. The Morgan fingerprint density at radius 2 is 1.48 bits per heavy atom. The summed E-state index contributed by atoms with van der Waals surface area (Å²) < 4.78 is 46.1. The molecule has 0 spiro atoms. The highest BCUT2D eigenvalue weighted by atomic mass is 28.4. The van der Waals surface area contributed by atoms with Crippen molar-refractivity contribution < 1.29 is 71.1 Å². The molecule has 1 heterocycles. The number of methoxy groups -OCH3 is 1. The minimum absolute atomic E-state index is 0.0630. The molecule has 332 valence electrons. The molecule has 1 aliphatic rings. The quantitative estimate of drug-likeness (QED) is 0.0950. The molecular weight excluding hydrogens is 813 g/mol. The topological polar surface area (TPSA) is 217 Å². The summed E-state index contributed by atoms with van der Waals surface area (Å²) in [4.78, 5) is 90.0. The second-order valence-electron chi connectivity index (χ2n) is 15.9. The summed E-state index contributed by atoms with van der Waals surface area (Å²) in [5, 5.41) is 5.17. The Kier molecular flexibility index (Phi) is 17.6. The van der Waals surface area contributed by atoms with E-state index in [1.165, 1.54) is 0 Å². The number of carbonyl (C=O) groups is 7. The third-order valence-corrected chi connectivity index (χ3v) is 14.3. The van der Waals surface area contributed by atoms with Crippen LogP contribution in [-0.2, 0) is 79.7 Å². The number of carbonyl (C=O) groups excluding carboxylic acids is 7. The first-order valence-electron chi connectivity index (χ1n) is 19.4. The van der Waals surface area contributed by atoms with Crippen LogP contribution in [0.1, 0.15) is 71.6 Å². The first-order valence-corrected chi connectivity index (χ1v) is 22.3. The van der Waals surface area contributed by atoms with Crippen molar-refractivity contribution in [2.75, 3.05) is 20.3 Å². The van der Waals surface area contributed by atoms with E-state index in [0.717, 1.165) is 34.8 Å². The molecule has 0 aliphatic carbocycles. The number of hydrogen-bond acceptors (Lipinski definition) is 15. The maximum absolute atomic E-state index is 13.9. The fourth-order valence-electron chi connectivity index (χ4n) is 6.02. The molecule has 0 aromatic heterocycles. The van der Waals surface area contributed by atoms with E-state index in [1.807, 2.05) is 0 Å². The van der Waals surface area contributed by atoms with Gasteiger partial charge in [0.1, 0.15) is 18.0 Å². The van der Waals surface area contributed by atoms with Crippen molar-refractivity contribution in [2.45, 2.75) is 122 Å². The molecule has 61 heavy (non-hydrogen) atoms. The summed E-state index contributed by atoms with van der Waals surface area (Å²) in [6.45, 7) is 13.3. The van der Waals surface area contributed by atoms with E-state index < -0.39 is 106 Å². The predicted octanol–water partition coefficient (Wildman–Crippen LogP) is 3.43. The summed E-state index contributed by atoms with van der Waals surface area (Å²) >= 11 is 0. The van der Waals surface area contributed by atoms with Gasteiger partial charge < -0.3 is 48.2 Å². The van der Waals surface area contributed by atoms with Crippen LogP contribution in [0.4, 0.5) is 0 Å². The molecule has 3 rings (SSSR count). The van der Waals surface area contributed by atoms with Crippen LogP contribution >= 0.6 is 0 Å². The molecular formula is C43H56N2O15Si.